The summed E-state index contributed by atoms with van der Waals surface area (Å²) in [4.78, 5) is 12.0. The van der Waals surface area contributed by atoms with Gasteiger partial charge in [-0.2, -0.15) is 5.10 Å². The van der Waals surface area contributed by atoms with Gasteiger partial charge in [-0.1, -0.05) is 11.6 Å². The molecule has 3 rings (SSSR count). The Labute approximate surface area is 142 Å². The first kappa shape index (κ1) is 15.9. The highest BCUT2D eigenvalue weighted by molar-refractivity contribution is 6.32. The molecule has 120 valence electrons. The Hall–Kier alpha value is -2.99. The average Bonchev–Trinajstić information content (AvgIpc) is 2.60. The van der Waals surface area contributed by atoms with Crippen molar-refractivity contribution >= 4 is 23.2 Å². The van der Waals surface area contributed by atoms with Crippen molar-refractivity contribution in [1.29, 1.82) is 0 Å². The molecule has 0 radical (unpaired) electrons. The van der Waals surface area contributed by atoms with Crippen molar-refractivity contribution in [1.82, 2.24) is 10.2 Å². The van der Waals surface area contributed by atoms with Crippen LogP contribution in [-0.2, 0) is 0 Å². The van der Waals surface area contributed by atoms with Crippen LogP contribution >= 0.6 is 11.6 Å². The minimum Gasteiger partial charge on any atom is -0.456 e. The van der Waals surface area contributed by atoms with E-state index < -0.39 is 5.91 Å². The molecule has 0 fully saturated rings. The van der Waals surface area contributed by atoms with Crippen molar-refractivity contribution in [3.8, 4) is 11.5 Å². The number of amides is 1. The van der Waals surface area contributed by atoms with Gasteiger partial charge in [-0.15, -0.1) is 5.10 Å². The second kappa shape index (κ2) is 7.06. The lowest BCUT2D eigenvalue weighted by Crippen LogP contribution is -2.13. The van der Waals surface area contributed by atoms with Crippen LogP contribution in [0.2, 0.25) is 5.02 Å². The van der Waals surface area contributed by atoms with Crippen LogP contribution in [0.1, 0.15) is 10.5 Å². The number of hydrogen-bond acceptors (Lipinski definition) is 4. The Kier molecular flexibility index (Phi) is 4.67. The molecule has 0 aliphatic heterocycles. The number of nitrogens with zero attached hydrogens (tertiary/aromatic N) is 2. The molecule has 1 heterocycles. The van der Waals surface area contributed by atoms with Crippen LogP contribution in [-0.4, -0.2) is 16.1 Å². The van der Waals surface area contributed by atoms with E-state index in [0.29, 0.717) is 22.2 Å². The summed E-state index contributed by atoms with van der Waals surface area (Å²) < 4.78 is 18.5. The number of carbonyl (C=O) groups is 1. The zero-order valence-corrected chi connectivity index (χ0v) is 13.0. The van der Waals surface area contributed by atoms with Gasteiger partial charge in [-0.05, 0) is 54.6 Å². The number of benzene rings is 2. The van der Waals surface area contributed by atoms with Crippen LogP contribution in [0.3, 0.4) is 0 Å². The molecule has 0 bridgehead atoms. The van der Waals surface area contributed by atoms with Gasteiger partial charge in [-0.3, -0.25) is 4.79 Å². The van der Waals surface area contributed by atoms with Gasteiger partial charge in [0.05, 0.1) is 5.02 Å². The number of nitrogens with one attached hydrogen (secondary N) is 1. The van der Waals surface area contributed by atoms with Crippen LogP contribution in [0.4, 0.5) is 10.1 Å². The highest BCUT2D eigenvalue weighted by Crippen LogP contribution is 2.31. The predicted molar refractivity (Wildman–Crippen MR) is 87.9 cm³/mol. The SMILES string of the molecule is O=C(Nc1ccc(Oc2ccc(F)cc2)c(Cl)c1)c1cccnn1. The summed E-state index contributed by atoms with van der Waals surface area (Å²) in [5.74, 6) is 0.0947. The van der Waals surface area contributed by atoms with Crippen molar-refractivity contribution in [2.24, 2.45) is 0 Å². The normalized spacial score (nSPS) is 10.2. The molecule has 0 spiro atoms. The van der Waals surface area contributed by atoms with E-state index in [4.69, 9.17) is 16.3 Å². The molecular formula is C17H11ClFN3O2. The van der Waals surface area contributed by atoms with E-state index in [0.717, 1.165) is 0 Å². The standard InChI is InChI=1S/C17H11ClFN3O2/c18-14-10-12(21-17(23)15-2-1-9-20-22-15)5-8-16(14)24-13-6-3-11(19)4-7-13/h1-10H,(H,21,23). The monoisotopic (exact) mass is 343 g/mol. The zero-order valence-electron chi connectivity index (χ0n) is 12.2. The minimum absolute atomic E-state index is 0.195. The molecule has 3 aromatic rings. The van der Waals surface area contributed by atoms with Gasteiger partial charge in [0.25, 0.3) is 5.91 Å². The van der Waals surface area contributed by atoms with Crippen molar-refractivity contribution in [2.45, 2.75) is 0 Å². The summed E-state index contributed by atoms with van der Waals surface area (Å²) in [6.07, 6.45) is 1.48. The lowest BCUT2D eigenvalue weighted by atomic mass is 10.2. The lowest BCUT2D eigenvalue weighted by molar-refractivity contribution is 0.102. The number of hydrogen-bond donors (Lipinski definition) is 1. The van der Waals surface area contributed by atoms with Gasteiger partial charge in [-0.25, -0.2) is 4.39 Å². The third-order valence-electron chi connectivity index (χ3n) is 3.04. The van der Waals surface area contributed by atoms with Gasteiger partial charge in [0.15, 0.2) is 5.69 Å². The van der Waals surface area contributed by atoms with E-state index in [-0.39, 0.29) is 11.5 Å². The third-order valence-corrected chi connectivity index (χ3v) is 3.33. The Bertz CT molecular complexity index is 857. The van der Waals surface area contributed by atoms with Crippen molar-refractivity contribution < 1.29 is 13.9 Å². The molecule has 0 saturated carbocycles. The smallest absolute Gasteiger partial charge is 0.276 e. The summed E-state index contributed by atoms with van der Waals surface area (Å²) in [6.45, 7) is 0. The molecule has 0 atom stereocenters. The quantitative estimate of drug-likeness (QED) is 0.766. The second-order valence-corrected chi connectivity index (χ2v) is 5.17. The summed E-state index contributed by atoms with van der Waals surface area (Å²) in [6, 6.07) is 13.5. The summed E-state index contributed by atoms with van der Waals surface area (Å²) in [5.41, 5.74) is 0.683. The van der Waals surface area contributed by atoms with Crippen molar-refractivity contribution in [2.75, 3.05) is 5.32 Å². The Morgan fingerprint density at radius 2 is 1.92 bits per heavy atom. The zero-order chi connectivity index (χ0) is 16.9. The number of anilines is 1. The highest BCUT2D eigenvalue weighted by atomic mass is 35.5. The second-order valence-electron chi connectivity index (χ2n) is 4.76. The van der Waals surface area contributed by atoms with E-state index >= 15 is 0 Å². The first-order valence-electron chi connectivity index (χ1n) is 6.94. The molecule has 0 unspecified atom stereocenters. The molecule has 2 aromatic carbocycles. The molecule has 1 N–H and O–H groups in total. The van der Waals surface area contributed by atoms with Gasteiger partial charge in [0.2, 0.25) is 0 Å². The van der Waals surface area contributed by atoms with Gasteiger partial charge in [0.1, 0.15) is 17.3 Å². The van der Waals surface area contributed by atoms with Crippen LogP contribution in [0.25, 0.3) is 0 Å². The lowest BCUT2D eigenvalue weighted by Gasteiger charge is -2.10. The van der Waals surface area contributed by atoms with Crippen LogP contribution < -0.4 is 10.1 Å². The molecule has 1 amide bonds. The maximum atomic E-state index is 12.9. The van der Waals surface area contributed by atoms with Crippen LogP contribution in [0, 0.1) is 5.82 Å². The maximum absolute atomic E-state index is 12.9. The van der Waals surface area contributed by atoms with Crippen LogP contribution in [0.15, 0.2) is 60.8 Å². The molecule has 1 aromatic heterocycles. The molecule has 24 heavy (non-hydrogen) atoms. The maximum Gasteiger partial charge on any atom is 0.276 e. The highest BCUT2D eigenvalue weighted by Gasteiger charge is 2.10. The van der Waals surface area contributed by atoms with Gasteiger partial charge >= 0.3 is 0 Å². The number of carbonyl (C=O) groups excluding carboxylic acids is 1. The molecule has 0 aliphatic carbocycles. The molecule has 0 aliphatic rings. The first-order valence-corrected chi connectivity index (χ1v) is 7.31. The molecular weight excluding hydrogens is 333 g/mol. The summed E-state index contributed by atoms with van der Waals surface area (Å²) >= 11 is 6.16. The van der Waals surface area contributed by atoms with E-state index in [2.05, 4.69) is 15.5 Å². The van der Waals surface area contributed by atoms with Gasteiger partial charge in [0, 0.05) is 11.9 Å². The number of aromatic nitrogens is 2. The first-order chi connectivity index (χ1) is 11.6. The van der Waals surface area contributed by atoms with Crippen LogP contribution in [0.5, 0.6) is 11.5 Å². The predicted octanol–water partition coefficient (Wildman–Crippen LogP) is 4.31. The van der Waals surface area contributed by atoms with E-state index in [1.165, 1.54) is 30.5 Å². The van der Waals surface area contributed by atoms with Crippen molar-refractivity contribution in [3.05, 3.63) is 77.3 Å². The van der Waals surface area contributed by atoms with E-state index in [9.17, 15) is 9.18 Å². The fourth-order valence-electron chi connectivity index (χ4n) is 1.91. The topological polar surface area (TPSA) is 64.1 Å². The molecule has 7 heteroatoms. The Morgan fingerprint density at radius 3 is 2.58 bits per heavy atom. The molecule has 0 saturated heterocycles. The Morgan fingerprint density at radius 1 is 1.12 bits per heavy atom. The average molecular weight is 344 g/mol. The number of rotatable bonds is 4. The van der Waals surface area contributed by atoms with Crippen molar-refractivity contribution in [3.63, 3.8) is 0 Å². The third kappa shape index (κ3) is 3.85. The fraction of sp³-hybridized carbons (Fsp3) is 0. The summed E-state index contributed by atoms with van der Waals surface area (Å²) in [7, 11) is 0. The fourth-order valence-corrected chi connectivity index (χ4v) is 2.13. The number of ether oxygens (including phenoxy) is 1. The molecule has 5 nitrogen and oxygen atoms in total. The van der Waals surface area contributed by atoms with E-state index in [1.54, 1.807) is 30.3 Å². The largest absolute Gasteiger partial charge is 0.456 e. The van der Waals surface area contributed by atoms with E-state index in [1.807, 2.05) is 0 Å². The Balaban J connectivity index is 1.72. The van der Waals surface area contributed by atoms with Gasteiger partial charge < -0.3 is 10.1 Å². The number of halogens is 2. The minimum atomic E-state index is -0.397. The summed E-state index contributed by atoms with van der Waals surface area (Å²) in [5, 5.41) is 10.3.